The van der Waals surface area contributed by atoms with Gasteiger partial charge in [-0.15, -0.1) is 0 Å². The topological polar surface area (TPSA) is 73.9 Å². The van der Waals surface area contributed by atoms with Gasteiger partial charge in [0, 0.05) is 0 Å². The van der Waals surface area contributed by atoms with E-state index in [1.807, 2.05) is 0 Å². The summed E-state index contributed by atoms with van der Waals surface area (Å²) in [6, 6.07) is 0. The van der Waals surface area contributed by atoms with E-state index in [2.05, 4.69) is 10.1 Å². The summed E-state index contributed by atoms with van der Waals surface area (Å²) in [5.41, 5.74) is 0. The minimum absolute atomic E-state index is 0.0696. The van der Waals surface area contributed by atoms with Crippen molar-refractivity contribution in [1.82, 2.24) is 5.32 Å². The van der Waals surface area contributed by atoms with Crippen LogP contribution >= 0.6 is 0 Å². The van der Waals surface area contributed by atoms with Gasteiger partial charge in [-0.25, -0.2) is 0 Å². The Morgan fingerprint density at radius 2 is 2.36 bits per heavy atom. The monoisotopic (exact) mass is 201 g/mol. The second kappa shape index (κ2) is 5.11. The van der Waals surface area contributed by atoms with E-state index in [1.165, 1.54) is 13.4 Å². The molecule has 1 aliphatic rings. The lowest BCUT2D eigenvalue weighted by Crippen LogP contribution is -2.33. The van der Waals surface area contributed by atoms with Crippen LogP contribution in [0.5, 0.6) is 0 Å². The lowest BCUT2D eigenvalue weighted by atomic mass is 10.4. The number of hydrogen-bond donors (Lipinski definition) is 1. The molecule has 0 aliphatic carbocycles. The van der Waals surface area contributed by atoms with E-state index >= 15 is 0 Å². The highest BCUT2D eigenvalue weighted by Gasteiger charge is 2.15. The lowest BCUT2D eigenvalue weighted by molar-refractivity contribution is -0.141. The van der Waals surface area contributed by atoms with Crippen molar-refractivity contribution in [3.63, 3.8) is 0 Å². The molecule has 6 nitrogen and oxygen atoms in total. The second-order valence-corrected chi connectivity index (χ2v) is 2.46. The largest absolute Gasteiger partial charge is 0.494 e. The molecule has 0 aromatic rings. The molecule has 0 saturated carbocycles. The number of esters is 1. The average Bonchev–Trinajstić information content (AvgIpc) is 2.26. The van der Waals surface area contributed by atoms with Crippen LogP contribution in [0, 0.1) is 0 Å². The summed E-state index contributed by atoms with van der Waals surface area (Å²) in [6.45, 7) is 0.571. The molecule has 0 spiro atoms. The van der Waals surface area contributed by atoms with Crippen LogP contribution in [0.15, 0.2) is 12.0 Å². The van der Waals surface area contributed by atoms with E-state index < -0.39 is 11.9 Å². The van der Waals surface area contributed by atoms with Crippen molar-refractivity contribution in [3.05, 3.63) is 12.0 Å². The highest BCUT2D eigenvalue weighted by atomic mass is 16.6. The van der Waals surface area contributed by atoms with Crippen molar-refractivity contribution in [2.45, 2.75) is 0 Å². The molecule has 1 amide bonds. The lowest BCUT2D eigenvalue weighted by Gasteiger charge is -2.14. The first-order valence-corrected chi connectivity index (χ1v) is 4.03. The molecular formula is C8H11NO5. The number of hydrogen-bond acceptors (Lipinski definition) is 5. The summed E-state index contributed by atoms with van der Waals surface area (Å²) in [4.78, 5) is 21.9. The fourth-order valence-corrected chi connectivity index (χ4v) is 0.799. The van der Waals surface area contributed by atoms with E-state index in [-0.39, 0.29) is 12.3 Å². The van der Waals surface area contributed by atoms with Crippen LogP contribution in [0.4, 0.5) is 0 Å². The van der Waals surface area contributed by atoms with Crippen molar-refractivity contribution in [2.75, 3.05) is 26.9 Å². The third-order valence-electron chi connectivity index (χ3n) is 1.49. The number of ether oxygens (including phenoxy) is 3. The van der Waals surface area contributed by atoms with Crippen LogP contribution in [0.2, 0.25) is 0 Å². The first-order valence-electron chi connectivity index (χ1n) is 4.03. The summed E-state index contributed by atoms with van der Waals surface area (Å²) >= 11 is 0. The van der Waals surface area contributed by atoms with Crippen LogP contribution < -0.4 is 5.32 Å². The van der Waals surface area contributed by atoms with Crippen LogP contribution in [0.1, 0.15) is 0 Å². The number of methoxy groups -OCH3 is 1. The number of rotatable bonds is 3. The standard InChI is InChI=1S/C8H11NO5/c1-12-7(10)4-9-8(11)6-5-13-2-3-14-6/h5H,2-4H2,1H3,(H,9,11). The van der Waals surface area contributed by atoms with Crippen LogP contribution in [-0.4, -0.2) is 38.7 Å². The Labute approximate surface area is 80.8 Å². The van der Waals surface area contributed by atoms with Crippen molar-refractivity contribution in [1.29, 1.82) is 0 Å². The zero-order valence-corrected chi connectivity index (χ0v) is 7.74. The van der Waals surface area contributed by atoms with Crippen molar-refractivity contribution in [2.24, 2.45) is 0 Å². The molecule has 78 valence electrons. The Balaban J connectivity index is 2.34. The first kappa shape index (κ1) is 10.4. The zero-order valence-electron chi connectivity index (χ0n) is 7.74. The van der Waals surface area contributed by atoms with Gasteiger partial charge in [-0.1, -0.05) is 0 Å². The van der Waals surface area contributed by atoms with E-state index in [9.17, 15) is 9.59 Å². The van der Waals surface area contributed by atoms with Crippen molar-refractivity contribution in [3.8, 4) is 0 Å². The summed E-state index contributed by atoms with van der Waals surface area (Å²) in [6.07, 6.45) is 1.22. The van der Waals surface area contributed by atoms with Gasteiger partial charge in [0.25, 0.3) is 5.91 Å². The summed E-state index contributed by atoms with van der Waals surface area (Å²) < 4.78 is 14.2. The highest BCUT2D eigenvalue weighted by molar-refractivity contribution is 5.93. The molecular weight excluding hydrogens is 190 g/mol. The fraction of sp³-hybridized carbons (Fsp3) is 0.500. The Bertz CT molecular complexity index is 260. The Morgan fingerprint density at radius 3 is 2.93 bits per heavy atom. The molecule has 0 radical (unpaired) electrons. The smallest absolute Gasteiger partial charge is 0.325 e. The molecule has 0 aromatic carbocycles. The highest BCUT2D eigenvalue weighted by Crippen LogP contribution is 2.03. The molecule has 1 N–H and O–H groups in total. The molecule has 1 rings (SSSR count). The summed E-state index contributed by atoms with van der Waals surface area (Å²) in [7, 11) is 1.24. The van der Waals surface area contributed by atoms with Gasteiger partial charge in [-0.3, -0.25) is 9.59 Å². The third-order valence-corrected chi connectivity index (χ3v) is 1.49. The van der Waals surface area contributed by atoms with Crippen LogP contribution in [0.25, 0.3) is 0 Å². The van der Waals surface area contributed by atoms with Gasteiger partial charge in [0.15, 0.2) is 0 Å². The predicted molar refractivity (Wildman–Crippen MR) is 45.0 cm³/mol. The van der Waals surface area contributed by atoms with Gasteiger partial charge in [-0.05, 0) is 0 Å². The molecule has 14 heavy (non-hydrogen) atoms. The van der Waals surface area contributed by atoms with Crippen LogP contribution in [-0.2, 0) is 23.8 Å². The van der Waals surface area contributed by atoms with Crippen LogP contribution in [0.3, 0.4) is 0 Å². The summed E-state index contributed by atoms with van der Waals surface area (Å²) in [5.74, 6) is -0.939. The number of amides is 1. The van der Waals surface area contributed by atoms with Crippen molar-refractivity contribution >= 4 is 11.9 Å². The maximum absolute atomic E-state index is 11.2. The number of nitrogens with one attached hydrogen (secondary N) is 1. The predicted octanol–water partition coefficient (Wildman–Crippen LogP) is -0.836. The Hall–Kier alpha value is -1.72. The minimum Gasteiger partial charge on any atom is -0.494 e. The third kappa shape index (κ3) is 2.96. The molecule has 1 aliphatic heterocycles. The zero-order chi connectivity index (χ0) is 10.4. The molecule has 0 fully saturated rings. The van der Waals surface area contributed by atoms with Gasteiger partial charge >= 0.3 is 5.97 Å². The van der Waals surface area contributed by atoms with Gasteiger partial charge in [-0.2, -0.15) is 0 Å². The van der Waals surface area contributed by atoms with Crippen molar-refractivity contribution < 1.29 is 23.8 Å². The molecule has 0 unspecified atom stereocenters. The first-order chi connectivity index (χ1) is 6.74. The Morgan fingerprint density at radius 1 is 1.57 bits per heavy atom. The quantitative estimate of drug-likeness (QED) is 0.603. The van der Waals surface area contributed by atoms with E-state index in [1.54, 1.807) is 0 Å². The second-order valence-electron chi connectivity index (χ2n) is 2.46. The molecule has 0 bridgehead atoms. The van der Waals surface area contributed by atoms with E-state index in [0.717, 1.165) is 0 Å². The Kier molecular flexibility index (Phi) is 3.78. The minimum atomic E-state index is -0.518. The van der Waals surface area contributed by atoms with Gasteiger partial charge < -0.3 is 19.5 Å². The summed E-state index contributed by atoms with van der Waals surface area (Å²) in [5, 5.41) is 2.32. The molecule has 0 saturated heterocycles. The van der Waals surface area contributed by atoms with Gasteiger partial charge in [0.1, 0.15) is 26.0 Å². The average molecular weight is 201 g/mol. The maximum atomic E-state index is 11.2. The molecule has 6 heteroatoms. The number of carbonyl (C=O) groups excluding carboxylic acids is 2. The van der Waals surface area contributed by atoms with Gasteiger partial charge in [0.2, 0.25) is 5.76 Å². The number of carbonyl (C=O) groups is 2. The van der Waals surface area contributed by atoms with E-state index in [4.69, 9.17) is 9.47 Å². The molecule has 1 heterocycles. The molecule has 0 aromatic heterocycles. The van der Waals surface area contributed by atoms with Gasteiger partial charge in [0.05, 0.1) is 7.11 Å². The fourth-order valence-electron chi connectivity index (χ4n) is 0.799. The molecule has 0 atom stereocenters. The SMILES string of the molecule is COC(=O)CNC(=O)C1=COCCO1. The normalized spacial score (nSPS) is 14.5. The van der Waals surface area contributed by atoms with E-state index in [0.29, 0.717) is 13.2 Å². The maximum Gasteiger partial charge on any atom is 0.325 e.